The first-order chi connectivity index (χ1) is 8.74. The molecule has 0 heterocycles. The van der Waals surface area contributed by atoms with Gasteiger partial charge < -0.3 is 10.5 Å². The van der Waals surface area contributed by atoms with Gasteiger partial charge in [-0.25, -0.2) is 0 Å². The SMILES string of the molecule is COC1CCCCC1(CN)N(C)C1CCCCC1. The standard InChI is InChI=1S/C15H30N2O/c1-17(13-8-4-3-5-9-13)15(12-16)11-7-6-10-14(15)18-2/h13-14H,3-12,16H2,1-2H3. The quantitative estimate of drug-likeness (QED) is 0.838. The average molecular weight is 254 g/mol. The van der Waals surface area contributed by atoms with E-state index in [0.717, 1.165) is 12.6 Å². The molecular formula is C15H30N2O. The minimum absolute atomic E-state index is 0.0923. The Kier molecular flexibility index (Phi) is 5.05. The monoisotopic (exact) mass is 254 g/mol. The van der Waals surface area contributed by atoms with E-state index in [0.29, 0.717) is 6.10 Å². The summed E-state index contributed by atoms with van der Waals surface area (Å²) in [4.78, 5) is 2.60. The second-order valence-corrected chi connectivity index (χ2v) is 6.18. The van der Waals surface area contributed by atoms with Crippen LogP contribution in [0.5, 0.6) is 0 Å². The largest absolute Gasteiger partial charge is 0.379 e. The molecule has 0 radical (unpaired) electrons. The van der Waals surface area contributed by atoms with E-state index in [2.05, 4.69) is 11.9 Å². The highest BCUT2D eigenvalue weighted by Gasteiger charge is 2.45. The van der Waals surface area contributed by atoms with Crippen molar-refractivity contribution in [3.63, 3.8) is 0 Å². The smallest absolute Gasteiger partial charge is 0.0767 e. The molecule has 0 aromatic carbocycles. The van der Waals surface area contributed by atoms with E-state index >= 15 is 0 Å². The Morgan fingerprint density at radius 3 is 2.39 bits per heavy atom. The van der Waals surface area contributed by atoms with Gasteiger partial charge in [-0.15, -0.1) is 0 Å². The van der Waals surface area contributed by atoms with Crippen molar-refractivity contribution in [2.24, 2.45) is 5.73 Å². The molecule has 2 fully saturated rings. The minimum atomic E-state index is 0.0923. The summed E-state index contributed by atoms with van der Waals surface area (Å²) < 4.78 is 5.79. The van der Waals surface area contributed by atoms with E-state index < -0.39 is 0 Å². The molecular weight excluding hydrogens is 224 g/mol. The van der Waals surface area contributed by atoms with Crippen molar-refractivity contribution in [2.45, 2.75) is 75.5 Å². The lowest BCUT2D eigenvalue weighted by Crippen LogP contribution is -2.64. The van der Waals surface area contributed by atoms with Gasteiger partial charge in [-0.2, -0.15) is 0 Å². The lowest BCUT2D eigenvalue weighted by molar-refractivity contribution is -0.0850. The summed E-state index contributed by atoms with van der Waals surface area (Å²) in [6.07, 6.45) is 12.1. The van der Waals surface area contributed by atoms with Crippen molar-refractivity contribution < 1.29 is 4.74 Å². The third-order valence-corrected chi connectivity index (χ3v) is 5.39. The van der Waals surface area contributed by atoms with E-state index in [4.69, 9.17) is 10.5 Å². The molecule has 0 aliphatic heterocycles. The highest BCUT2D eigenvalue weighted by atomic mass is 16.5. The molecule has 2 atom stereocenters. The van der Waals surface area contributed by atoms with Gasteiger partial charge in [0.1, 0.15) is 0 Å². The van der Waals surface area contributed by atoms with Gasteiger partial charge in [0.2, 0.25) is 0 Å². The lowest BCUT2D eigenvalue weighted by Gasteiger charge is -2.52. The molecule has 2 aliphatic carbocycles. The molecule has 0 bridgehead atoms. The summed E-state index contributed by atoms with van der Waals surface area (Å²) in [5.74, 6) is 0. The van der Waals surface area contributed by atoms with Crippen LogP contribution in [0.4, 0.5) is 0 Å². The molecule has 106 valence electrons. The summed E-state index contributed by atoms with van der Waals surface area (Å²) in [5.41, 5.74) is 6.28. The fourth-order valence-corrected chi connectivity index (χ4v) is 4.14. The van der Waals surface area contributed by atoms with Gasteiger partial charge in [-0.05, 0) is 32.7 Å². The molecule has 2 rings (SSSR count). The predicted octanol–water partition coefficient (Wildman–Crippen LogP) is 2.54. The summed E-state index contributed by atoms with van der Waals surface area (Å²) in [6.45, 7) is 0.735. The summed E-state index contributed by atoms with van der Waals surface area (Å²) in [7, 11) is 4.15. The van der Waals surface area contributed by atoms with E-state index in [1.807, 2.05) is 7.11 Å². The van der Waals surface area contributed by atoms with Crippen molar-refractivity contribution in [3.8, 4) is 0 Å². The zero-order valence-electron chi connectivity index (χ0n) is 12.2. The molecule has 18 heavy (non-hydrogen) atoms. The maximum Gasteiger partial charge on any atom is 0.0767 e. The van der Waals surface area contributed by atoms with Crippen LogP contribution in [0.15, 0.2) is 0 Å². The molecule has 3 nitrogen and oxygen atoms in total. The number of methoxy groups -OCH3 is 1. The summed E-state index contributed by atoms with van der Waals surface area (Å²) in [6, 6.07) is 0.720. The van der Waals surface area contributed by atoms with E-state index in [9.17, 15) is 0 Å². The number of nitrogens with two attached hydrogens (primary N) is 1. The van der Waals surface area contributed by atoms with Crippen LogP contribution in [0.3, 0.4) is 0 Å². The van der Waals surface area contributed by atoms with Gasteiger partial charge in [-0.3, -0.25) is 4.90 Å². The first-order valence-electron chi connectivity index (χ1n) is 7.70. The molecule has 0 spiro atoms. The van der Waals surface area contributed by atoms with Crippen LogP contribution in [0.1, 0.15) is 57.8 Å². The zero-order valence-corrected chi connectivity index (χ0v) is 12.2. The number of rotatable bonds is 4. The average Bonchev–Trinajstić information content (AvgIpc) is 2.47. The normalized spacial score (nSPS) is 35.0. The fourth-order valence-electron chi connectivity index (χ4n) is 4.14. The van der Waals surface area contributed by atoms with E-state index in [1.165, 1.54) is 57.8 Å². The third kappa shape index (κ3) is 2.59. The number of likely N-dealkylation sites (N-methyl/N-ethyl adjacent to an activating group) is 1. The molecule has 0 aromatic heterocycles. The Labute approximate surface area is 112 Å². The van der Waals surface area contributed by atoms with Gasteiger partial charge in [0.15, 0.2) is 0 Å². The van der Waals surface area contributed by atoms with Crippen LogP contribution in [0.25, 0.3) is 0 Å². The number of nitrogens with zero attached hydrogens (tertiary/aromatic N) is 1. The minimum Gasteiger partial charge on any atom is -0.379 e. The van der Waals surface area contributed by atoms with Crippen molar-refractivity contribution in [1.82, 2.24) is 4.90 Å². The van der Waals surface area contributed by atoms with Gasteiger partial charge >= 0.3 is 0 Å². The highest BCUT2D eigenvalue weighted by molar-refractivity contribution is 5.02. The fraction of sp³-hybridized carbons (Fsp3) is 1.00. The van der Waals surface area contributed by atoms with E-state index in [-0.39, 0.29) is 5.54 Å². The second kappa shape index (κ2) is 6.36. The maximum atomic E-state index is 6.19. The van der Waals surface area contributed by atoms with Crippen LogP contribution in [-0.4, -0.2) is 43.3 Å². The van der Waals surface area contributed by atoms with Crippen LogP contribution < -0.4 is 5.73 Å². The van der Waals surface area contributed by atoms with Crippen LogP contribution in [0.2, 0.25) is 0 Å². The number of ether oxygens (including phenoxy) is 1. The molecule has 2 N–H and O–H groups in total. The van der Waals surface area contributed by atoms with Gasteiger partial charge in [0, 0.05) is 19.7 Å². The van der Waals surface area contributed by atoms with Crippen LogP contribution in [0, 0.1) is 0 Å². The molecule has 0 aromatic rings. The topological polar surface area (TPSA) is 38.5 Å². The Morgan fingerprint density at radius 1 is 1.11 bits per heavy atom. The third-order valence-electron chi connectivity index (χ3n) is 5.39. The first-order valence-corrected chi connectivity index (χ1v) is 7.70. The molecule has 2 aliphatic rings. The Bertz CT molecular complexity index is 253. The molecule has 0 saturated heterocycles. The molecule has 0 amide bonds. The van der Waals surface area contributed by atoms with Crippen LogP contribution >= 0.6 is 0 Å². The lowest BCUT2D eigenvalue weighted by atomic mass is 9.76. The molecule has 2 unspecified atom stereocenters. The van der Waals surface area contributed by atoms with Crippen molar-refractivity contribution in [2.75, 3.05) is 20.7 Å². The predicted molar refractivity (Wildman–Crippen MR) is 75.7 cm³/mol. The van der Waals surface area contributed by atoms with Crippen molar-refractivity contribution in [1.29, 1.82) is 0 Å². The van der Waals surface area contributed by atoms with Gasteiger partial charge in [-0.1, -0.05) is 32.1 Å². The number of hydrogen-bond donors (Lipinski definition) is 1. The Balaban J connectivity index is 2.12. The Hall–Kier alpha value is -0.120. The maximum absolute atomic E-state index is 6.19. The second-order valence-electron chi connectivity index (χ2n) is 6.18. The zero-order chi connectivity index (χ0) is 13.0. The van der Waals surface area contributed by atoms with Gasteiger partial charge in [0.25, 0.3) is 0 Å². The first kappa shape index (κ1) is 14.3. The summed E-state index contributed by atoms with van der Waals surface area (Å²) >= 11 is 0. The highest BCUT2D eigenvalue weighted by Crippen LogP contribution is 2.37. The summed E-state index contributed by atoms with van der Waals surface area (Å²) in [5, 5.41) is 0. The van der Waals surface area contributed by atoms with Gasteiger partial charge in [0.05, 0.1) is 11.6 Å². The van der Waals surface area contributed by atoms with Crippen LogP contribution in [-0.2, 0) is 4.74 Å². The van der Waals surface area contributed by atoms with E-state index in [1.54, 1.807) is 0 Å². The number of hydrogen-bond acceptors (Lipinski definition) is 3. The molecule has 3 heteroatoms. The Morgan fingerprint density at radius 2 is 1.78 bits per heavy atom. The molecule has 2 saturated carbocycles. The van der Waals surface area contributed by atoms with Crippen molar-refractivity contribution in [3.05, 3.63) is 0 Å². The van der Waals surface area contributed by atoms with Crippen molar-refractivity contribution >= 4 is 0 Å².